The van der Waals surface area contributed by atoms with E-state index in [2.05, 4.69) is 5.32 Å². The SMILES string of the molecule is CCN(CC1CCC1)S(=O)(=O)N(C)CCCNC1CC1. The lowest BCUT2D eigenvalue weighted by Gasteiger charge is -2.33. The number of hydrogen-bond acceptors (Lipinski definition) is 3. The second-order valence-corrected chi connectivity index (χ2v) is 8.19. The number of nitrogens with one attached hydrogen (secondary N) is 1. The summed E-state index contributed by atoms with van der Waals surface area (Å²) in [5.41, 5.74) is 0. The Kier molecular flexibility index (Phi) is 5.84. The molecule has 0 spiro atoms. The van der Waals surface area contributed by atoms with Crippen LogP contribution in [-0.4, -0.2) is 56.3 Å². The number of rotatable bonds is 10. The Morgan fingerprint density at radius 2 is 1.90 bits per heavy atom. The Bertz CT molecular complexity index is 391. The molecule has 6 heteroatoms. The summed E-state index contributed by atoms with van der Waals surface area (Å²) in [7, 11) is -1.56. The average molecular weight is 303 g/mol. The molecule has 0 amide bonds. The lowest BCUT2D eigenvalue weighted by molar-refractivity contribution is 0.241. The molecule has 0 aromatic rings. The first-order valence-electron chi connectivity index (χ1n) is 7.98. The Morgan fingerprint density at radius 1 is 1.20 bits per heavy atom. The topological polar surface area (TPSA) is 52.7 Å². The van der Waals surface area contributed by atoms with Gasteiger partial charge in [-0.15, -0.1) is 0 Å². The van der Waals surface area contributed by atoms with E-state index >= 15 is 0 Å². The molecule has 2 saturated carbocycles. The predicted molar refractivity (Wildman–Crippen MR) is 81.8 cm³/mol. The molecule has 0 atom stereocenters. The maximum absolute atomic E-state index is 12.5. The summed E-state index contributed by atoms with van der Waals surface area (Å²) in [6.45, 7) is 4.72. The van der Waals surface area contributed by atoms with Crippen LogP contribution in [0.15, 0.2) is 0 Å². The fraction of sp³-hybridized carbons (Fsp3) is 1.00. The highest BCUT2D eigenvalue weighted by molar-refractivity contribution is 7.86. The van der Waals surface area contributed by atoms with Crippen molar-refractivity contribution in [2.45, 2.75) is 51.5 Å². The standard InChI is InChI=1S/C14H29N3O2S/c1-3-17(12-13-6-4-7-13)20(18,19)16(2)11-5-10-15-14-8-9-14/h13-15H,3-12H2,1-2H3. The average Bonchev–Trinajstić information content (AvgIpc) is 3.16. The molecule has 2 aliphatic carbocycles. The predicted octanol–water partition coefficient (Wildman–Crippen LogP) is 1.43. The van der Waals surface area contributed by atoms with E-state index in [1.807, 2.05) is 6.92 Å². The third-order valence-corrected chi connectivity index (χ3v) is 6.45. The summed E-state index contributed by atoms with van der Waals surface area (Å²) in [6, 6.07) is 0.697. The highest BCUT2D eigenvalue weighted by Gasteiger charge is 2.29. The van der Waals surface area contributed by atoms with Crippen LogP contribution in [0.5, 0.6) is 0 Å². The fourth-order valence-corrected chi connectivity index (χ4v) is 4.04. The number of hydrogen-bond donors (Lipinski definition) is 1. The Balaban J connectivity index is 1.75. The summed E-state index contributed by atoms with van der Waals surface area (Å²) in [6.07, 6.45) is 7.05. The lowest BCUT2D eigenvalue weighted by atomic mass is 9.85. The highest BCUT2D eigenvalue weighted by atomic mass is 32.2. The summed E-state index contributed by atoms with van der Waals surface area (Å²) in [4.78, 5) is 0. The first kappa shape index (κ1) is 16.2. The van der Waals surface area contributed by atoms with Gasteiger partial charge in [0.2, 0.25) is 0 Å². The maximum atomic E-state index is 12.5. The van der Waals surface area contributed by atoms with Crippen LogP contribution in [0.3, 0.4) is 0 Å². The third kappa shape index (κ3) is 4.41. The van der Waals surface area contributed by atoms with E-state index in [1.54, 1.807) is 11.4 Å². The normalized spacial score (nSPS) is 20.6. The third-order valence-electron chi connectivity index (χ3n) is 4.42. The first-order chi connectivity index (χ1) is 9.54. The Labute approximate surface area is 123 Å². The van der Waals surface area contributed by atoms with Gasteiger partial charge in [-0.05, 0) is 44.6 Å². The molecule has 0 heterocycles. The second-order valence-electron chi connectivity index (χ2n) is 6.16. The molecule has 0 saturated heterocycles. The summed E-state index contributed by atoms with van der Waals surface area (Å²) in [5.74, 6) is 0.578. The van der Waals surface area contributed by atoms with E-state index in [4.69, 9.17) is 0 Å². The van der Waals surface area contributed by atoms with Crippen LogP contribution in [0.2, 0.25) is 0 Å². The molecule has 0 bridgehead atoms. The summed E-state index contributed by atoms with van der Waals surface area (Å²) in [5, 5.41) is 3.42. The van der Waals surface area contributed by atoms with Gasteiger partial charge in [0, 0.05) is 32.7 Å². The molecule has 118 valence electrons. The smallest absolute Gasteiger partial charge is 0.281 e. The van der Waals surface area contributed by atoms with Crippen molar-refractivity contribution < 1.29 is 8.42 Å². The van der Waals surface area contributed by atoms with Crippen molar-refractivity contribution in [2.24, 2.45) is 5.92 Å². The van der Waals surface area contributed by atoms with Gasteiger partial charge in [0.25, 0.3) is 10.2 Å². The van der Waals surface area contributed by atoms with Crippen molar-refractivity contribution in [3.05, 3.63) is 0 Å². The van der Waals surface area contributed by atoms with Crippen LogP contribution in [-0.2, 0) is 10.2 Å². The molecule has 1 N–H and O–H groups in total. The van der Waals surface area contributed by atoms with Crippen LogP contribution in [0, 0.1) is 5.92 Å². The molecule has 2 aliphatic rings. The molecule has 0 aliphatic heterocycles. The van der Waals surface area contributed by atoms with Crippen LogP contribution in [0.25, 0.3) is 0 Å². The maximum Gasteiger partial charge on any atom is 0.281 e. The molecule has 0 aromatic carbocycles. The minimum absolute atomic E-state index is 0.573. The minimum atomic E-state index is -3.27. The molecular weight excluding hydrogens is 274 g/mol. The molecule has 20 heavy (non-hydrogen) atoms. The van der Waals surface area contributed by atoms with Gasteiger partial charge in [0.1, 0.15) is 0 Å². The van der Waals surface area contributed by atoms with Crippen LogP contribution < -0.4 is 5.32 Å². The Morgan fingerprint density at radius 3 is 2.40 bits per heavy atom. The zero-order chi connectivity index (χ0) is 14.6. The molecule has 2 fully saturated rings. The fourth-order valence-electron chi connectivity index (χ4n) is 2.56. The largest absolute Gasteiger partial charge is 0.314 e. The second kappa shape index (κ2) is 7.20. The summed E-state index contributed by atoms with van der Waals surface area (Å²) >= 11 is 0. The van der Waals surface area contributed by atoms with Crippen molar-refractivity contribution in [1.82, 2.24) is 13.9 Å². The van der Waals surface area contributed by atoms with Gasteiger partial charge in [0.05, 0.1) is 0 Å². The molecule has 5 nitrogen and oxygen atoms in total. The molecule has 0 aromatic heterocycles. The van der Waals surface area contributed by atoms with Crippen molar-refractivity contribution in [1.29, 1.82) is 0 Å². The molecule has 0 unspecified atom stereocenters. The molecule has 2 rings (SSSR count). The van der Waals surface area contributed by atoms with Gasteiger partial charge < -0.3 is 5.32 Å². The molecule has 0 radical (unpaired) electrons. The van der Waals surface area contributed by atoms with Gasteiger partial charge in [-0.3, -0.25) is 0 Å². The van der Waals surface area contributed by atoms with Crippen molar-refractivity contribution in [2.75, 3.05) is 33.2 Å². The molecular formula is C14H29N3O2S. The van der Waals surface area contributed by atoms with E-state index in [9.17, 15) is 8.42 Å². The monoisotopic (exact) mass is 303 g/mol. The van der Waals surface area contributed by atoms with Crippen LogP contribution in [0.4, 0.5) is 0 Å². The van der Waals surface area contributed by atoms with Gasteiger partial charge in [-0.2, -0.15) is 17.0 Å². The van der Waals surface area contributed by atoms with Crippen molar-refractivity contribution in [3.63, 3.8) is 0 Å². The van der Waals surface area contributed by atoms with Crippen molar-refractivity contribution in [3.8, 4) is 0 Å². The van der Waals surface area contributed by atoms with Crippen molar-refractivity contribution >= 4 is 10.2 Å². The van der Waals surface area contributed by atoms with Gasteiger partial charge >= 0.3 is 0 Å². The van der Waals surface area contributed by atoms with Crippen LogP contribution >= 0.6 is 0 Å². The van der Waals surface area contributed by atoms with E-state index < -0.39 is 10.2 Å². The lowest BCUT2D eigenvalue weighted by Crippen LogP contribution is -2.45. The van der Waals surface area contributed by atoms with Gasteiger partial charge in [0.15, 0.2) is 0 Å². The van der Waals surface area contributed by atoms with Gasteiger partial charge in [-0.1, -0.05) is 13.3 Å². The van der Waals surface area contributed by atoms with Crippen LogP contribution in [0.1, 0.15) is 45.4 Å². The Hall–Kier alpha value is -0.170. The van der Waals surface area contributed by atoms with Gasteiger partial charge in [-0.25, -0.2) is 0 Å². The minimum Gasteiger partial charge on any atom is -0.314 e. The quantitative estimate of drug-likeness (QED) is 0.621. The summed E-state index contributed by atoms with van der Waals surface area (Å²) < 4.78 is 28.2. The van der Waals surface area contributed by atoms with E-state index in [0.29, 0.717) is 31.6 Å². The van der Waals surface area contributed by atoms with E-state index in [1.165, 1.54) is 36.4 Å². The zero-order valence-corrected chi connectivity index (χ0v) is 13.7. The van der Waals surface area contributed by atoms with E-state index in [0.717, 1.165) is 13.0 Å². The highest BCUT2D eigenvalue weighted by Crippen LogP contribution is 2.28. The number of nitrogens with zero attached hydrogens (tertiary/aromatic N) is 2. The first-order valence-corrected chi connectivity index (χ1v) is 9.38. The zero-order valence-electron chi connectivity index (χ0n) is 12.8. The van der Waals surface area contributed by atoms with E-state index in [-0.39, 0.29) is 0 Å².